The van der Waals surface area contributed by atoms with Crippen LogP contribution in [-0.2, 0) is 0 Å². The molecule has 8 heteroatoms. The van der Waals surface area contributed by atoms with Crippen LogP contribution >= 0.6 is 0 Å². The Labute approximate surface area is 168 Å². The maximum Gasteiger partial charge on any atom is 0.274 e. The number of anilines is 3. The van der Waals surface area contributed by atoms with Gasteiger partial charge in [-0.1, -0.05) is 6.07 Å². The minimum atomic E-state index is -0.402. The summed E-state index contributed by atoms with van der Waals surface area (Å²) in [4.78, 5) is 21.1. The standard InChI is InChI=1S/C21H19N5O3/c1-13-23-17(21(27)26-15-6-4-5-14(9-15)12-22)11-20(24-13)25-16-7-8-18(28-2)19(10-16)29-3/h4-11H,1-3H3,(H,26,27)(H,23,24,25). The molecule has 1 aromatic heterocycles. The lowest BCUT2D eigenvalue weighted by Crippen LogP contribution is -2.15. The fourth-order valence-corrected chi connectivity index (χ4v) is 2.67. The van der Waals surface area contributed by atoms with Crippen molar-refractivity contribution in [2.24, 2.45) is 0 Å². The van der Waals surface area contributed by atoms with Gasteiger partial charge in [0.1, 0.15) is 17.3 Å². The first-order chi connectivity index (χ1) is 14.0. The summed E-state index contributed by atoms with van der Waals surface area (Å²) in [5.74, 6) is 1.67. The first-order valence-corrected chi connectivity index (χ1v) is 8.68. The number of benzene rings is 2. The molecule has 0 saturated heterocycles. The number of aryl methyl sites for hydroxylation is 1. The van der Waals surface area contributed by atoms with Crippen molar-refractivity contribution in [1.29, 1.82) is 5.26 Å². The van der Waals surface area contributed by atoms with Crippen LogP contribution in [0.4, 0.5) is 17.2 Å². The molecule has 0 spiro atoms. The monoisotopic (exact) mass is 389 g/mol. The zero-order chi connectivity index (χ0) is 20.8. The first kappa shape index (κ1) is 19.6. The predicted octanol–water partition coefficient (Wildman–Crippen LogP) is 3.67. The van der Waals surface area contributed by atoms with E-state index in [4.69, 9.17) is 14.7 Å². The van der Waals surface area contributed by atoms with Gasteiger partial charge in [0.05, 0.1) is 25.9 Å². The molecule has 0 bridgehead atoms. The van der Waals surface area contributed by atoms with Crippen LogP contribution < -0.4 is 20.1 Å². The molecule has 1 heterocycles. The summed E-state index contributed by atoms with van der Waals surface area (Å²) in [6.45, 7) is 1.70. The van der Waals surface area contributed by atoms with E-state index in [2.05, 4.69) is 20.6 Å². The molecule has 0 unspecified atom stereocenters. The van der Waals surface area contributed by atoms with Crippen molar-refractivity contribution in [2.75, 3.05) is 24.9 Å². The van der Waals surface area contributed by atoms with E-state index >= 15 is 0 Å². The number of hydrogen-bond acceptors (Lipinski definition) is 7. The van der Waals surface area contributed by atoms with Gasteiger partial charge in [-0.25, -0.2) is 9.97 Å². The predicted molar refractivity (Wildman–Crippen MR) is 109 cm³/mol. The molecule has 0 aliphatic carbocycles. The average Bonchev–Trinajstić information content (AvgIpc) is 2.73. The summed E-state index contributed by atoms with van der Waals surface area (Å²) in [7, 11) is 3.12. The number of nitrogens with one attached hydrogen (secondary N) is 2. The smallest absolute Gasteiger partial charge is 0.274 e. The number of methoxy groups -OCH3 is 2. The Hall–Kier alpha value is -4.12. The number of nitrogens with zero attached hydrogens (tertiary/aromatic N) is 3. The largest absolute Gasteiger partial charge is 0.493 e. The Morgan fingerprint density at radius 2 is 1.79 bits per heavy atom. The normalized spacial score (nSPS) is 10.0. The minimum Gasteiger partial charge on any atom is -0.493 e. The second-order valence-electron chi connectivity index (χ2n) is 6.03. The second-order valence-corrected chi connectivity index (χ2v) is 6.03. The van der Waals surface area contributed by atoms with Crippen LogP contribution in [0, 0.1) is 18.3 Å². The third kappa shape index (κ3) is 4.78. The lowest BCUT2D eigenvalue weighted by Gasteiger charge is -2.12. The van der Waals surface area contributed by atoms with Crippen LogP contribution in [0.1, 0.15) is 21.9 Å². The molecule has 0 fully saturated rings. The molecule has 2 N–H and O–H groups in total. The molecule has 1 amide bonds. The highest BCUT2D eigenvalue weighted by Gasteiger charge is 2.12. The number of nitriles is 1. The summed E-state index contributed by atoms with van der Waals surface area (Å²) >= 11 is 0. The van der Waals surface area contributed by atoms with E-state index in [0.29, 0.717) is 40.1 Å². The van der Waals surface area contributed by atoms with Gasteiger partial charge in [-0.3, -0.25) is 4.79 Å². The highest BCUT2D eigenvalue weighted by molar-refractivity contribution is 6.03. The topological polar surface area (TPSA) is 109 Å². The lowest BCUT2D eigenvalue weighted by molar-refractivity contribution is 0.102. The highest BCUT2D eigenvalue weighted by Crippen LogP contribution is 2.30. The molecule has 0 saturated carbocycles. The van der Waals surface area contributed by atoms with E-state index in [1.807, 2.05) is 12.1 Å². The van der Waals surface area contributed by atoms with Gasteiger partial charge in [0.2, 0.25) is 0 Å². The van der Waals surface area contributed by atoms with E-state index in [1.165, 1.54) is 0 Å². The van der Waals surface area contributed by atoms with Crippen molar-refractivity contribution in [1.82, 2.24) is 9.97 Å². The molecule has 8 nitrogen and oxygen atoms in total. The summed E-state index contributed by atoms with van der Waals surface area (Å²) in [5.41, 5.74) is 1.88. The fraction of sp³-hybridized carbons (Fsp3) is 0.143. The van der Waals surface area contributed by atoms with Gasteiger partial charge >= 0.3 is 0 Å². The van der Waals surface area contributed by atoms with Gasteiger partial charge in [-0.15, -0.1) is 0 Å². The average molecular weight is 389 g/mol. The van der Waals surface area contributed by atoms with Crippen LogP contribution in [0.5, 0.6) is 11.5 Å². The zero-order valence-electron chi connectivity index (χ0n) is 16.2. The van der Waals surface area contributed by atoms with Gasteiger partial charge in [-0.2, -0.15) is 5.26 Å². The summed E-state index contributed by atoms with van der Waals surface area (Å²) in [5, 5.41) is 14.9. The number of rotatable bonds is 6. The molecule has 0 atom stereocenters. The van der Waals surface area contributed by atoms with E-state index in [9.17, 15) is 4.79 Å². The van der Waals surface area contributed by atoms with E-state index in [0.717, 1.165) is 0 Å². The number of hydrogen-bond donors (Lipinski definition) is 2. The van der Waals surface area contributed by atoms with Crippen LogP contribution in [0.2, 0.25) is 0 Å². The lowest BCUT2D eigenvalue weighted by atomic mass is 10.2. The minimum absolute atomic E-state index is 0.197. The Morgan fingerprint density at radius 1 is 1.00 bits per heavy atom. The van der Waals surface area contributed by atoms with Crippen LogP contribution in [0.3, 0.4) is 0 Å². The molecule has 146 valence electrons. The Kier molecular flexibility index (Phi) is 5.90. The molecule has 3 rings (SSSR count). The van der Waals surface area contributed by atoms with Crippen molar-refractivity contribution >= 4 is 23.1 Å². The third-order valence-corrected chi connectivity index (χ3v) is 3.98. The molecule has 29 heavy (non-hydrogen) atoms. The maximum absolute atomic E-state index is 12.6. The molecular formula is C21H19N5O3. The van der Waals surface area contributed by atoms with Gasteiger partial charge in [0.15, 0.2) is 11.5 Å². The molecular weight excluding hydrogens is 370 g/mol. The highest BCUT2D eigenvalue weighted by atomic mass is 16.5. The molecule has 3 aromatic rings. The van der Waals surface area contributed by atoms with Crippen molar-refractivity contribution in [3.8, 4) is 17.6 Å². The van der Waals surface area contributed by atoms with Crippen LogP contribution in [0.15, 0.2) is 48.5 Å². The van der Waals surface area contributed by atoms with Gasteiger partial charge in [0, 0.05) is 23.5 Å². The van der Waals surface area contributed by atoms with E-state index < -0.39 is 5.91 Å². The number of amides is 1. The second kappa shape index (κ2) is 8.71. The van der Waals surface area contributed by atoms with Crippen LogP contribution in [0.25, 0.3) is 0 Å². The van der Waals surface area contributed by atoms with Gasteiger partial charge < -0.3 is 20.1 Å². The van der Waals surface area contributed by atoms with Crippen molar-refractivity contribution in [3.63, 3.8) is 0 Å². The SMILES string of the molecule is COc1ccc(Nc2cc(C(=O)Nc3cccc(C#N)c3)nc(C)n2)cc1OC. The van der Waals surface area contributed by atoms with Crippen molar-refractivity contribution in [3.05, 3.63) is 65.6 Å². The zero-order valence-corrected chi connectivity index (χ0v) is 16.2. The molecule has 0 aliphatic heterocycles. The van der Waals surface area contributed by atoms with Gasteiger partial charge in [0.25, 0.3) is 5.91 Å². The Balaban J connectivity index is 1.82. The Bertz CT molecular complexity index is 1090. The number of aromatic nitrogens is 2. The maximum atomic E-state index is 12.6. The van der Waals surface area contributed by atoms with Crippen molar-refractivity contribution in [2.45, 2.75) is 6.92 Å². The van der Waals surface area contributed by atoms with E-state index in [-0.39, 0.29) is 5.69 Å². The summed E-state index contributed by atoms with van der Waals surface area (Å²) in [6, 6.07) is 15.6. The Morgan fingerprint density at radius 3 is 2.52 bits per heavy atom. The fourth-order valence-electron chi connectivity index (χ4n) is 2.67. The molecule has 2 aromatic carbocycles. The van der Waals surface area contributed by atoms with E-state index in [1.54, 1.807) is 63.6 Å². The van der Waals surface area contributed by atoms with Crippen LogP contribution in [-0.4, -0.2) is 30.1 Å². The first-order valence-electron chi connectivity index (χ1n) is 8.68. The van der Waals surface area contributed by atoms with Gasteiger partial charge in [-0.05, 0) is 37.3 Å². The summed E-state index contributed by atoms with van der Waals surface area (Å²) < 4.78 is 10.5. The third-order valence-electron chi connectivity index (χ3n) is 3.98. The quantitative estimate of drug-likeness (QED) is 0.662. The van der Waals surface area contributed by atoms with Crippen molar-refractivity contribution < 1.29 is 14.3 Å². The number of carbonyl (C=O) groups is 1. The molecule has 0 aliphatic rings. The number of carbonyl (C=O) groups excluding carboxylic acids is 1. The summed E-state index contributed by atoms with van der Waals surface area (Å²) in [6.07, 6.45) is 0. The number of ether oxygens (including phenoxy) is 2. The molecule has 0 radical (unpaired) electrons.